The van der Waals surface area contributed by atoms with Gasteiger partial charge >= 0.3 is 0 Å². The number of imide groups is 1. The third kappa shape index (κ3) is 6.22. The minimum atomic E-state index is -3.30. The zero-order valence-electron chi connectivity index (χ0n) is 18.9. The summed E-state index contributed by atoms with van der Waals surface area (Å²) >= 11 is 0. The average molecular weight is 478 g/mol. The van der Waals surface area contributed by atoms with E-state index in [9.17, 15) is 22.4 Å². The van der Waals surface area contributed by atoms with Crippen molar-refractivity contribution in [2.75, 3.05) is 18.1 Å². The molecule has 1 aromatic rings. The average Bonchev–Trinajstić information content (AvgIpc) is 3.49. The number of hydrogen-bond donors (Lipinski definition) is 1. The summed E-state index contributed by atoms with van der Waals surface area (Å²) in [6.45, 7) is 0.511. The lowest BCUT2D eigenvalue weighted by Crippen LogP contribution is -2.40. The number of amides is 2. The number of carbonyl (C=O) groups excluding carboxylic acids is 2. The molecule has 0 bridgehead atoms. The van der Waals surface area contributed by atoms with Crippen LogP contribution in [0.15, 0.2) is 30.4 Å². The van der Waals surface area contributed by atoms with Crippen LogP contribution in [0.3, 0.4) is 0 Å². The van der Waals surface area contributed by atoms with Crippen LogP contribution in [-0.4, -0.2) is 38.3 Å². The number of rotatable bonds is 11. The summed E-state index contributed by atoms with van der Waals surface area (Å²) in [4.78, 5) is 23.0. The number of hydrogen-bond acceptors (Lipinski definition) is 5. The zero-order chi connectivity index (χ0) is 23.5. The third-order valence-corrected chi connectivity index (χ3v) is 8.98. The summed E-state index contributed by atoms with van der Waals surface area (Å²) in [5.74, 6) is -0.331. The molecule has 3 fully saturated rings. The molecule has 33 heavy (non-hydrogen) atoms. The summed E-state index contributed by atoms with van der Waals surface area (Å²) in [5, 5.41) is 2.33. The molecule has 1 saturated heterocycles. The lowest BCUT2D eigenvalue weighted by atomic mass is 9.86. The Morgan fingerprint density at radius 3 is 2.61 bits per heavy atom. The molecule has 3 aliphatic rings. The van der Waals surface area contributed by atoms with Crippen LogP contribution in [0.4, 0.5) is 4.39 Å². The minimum Gasteiger partial charge on any atom is -0.490 e. The Labute approximate surface area is 194 Å². The first kappa shape index (κ1) is 23.9. The second-order valence-corrected chi connectivity index (χ2v) is 12.0. The van der Waals surface area contributed by atoms with Gasteiger partial charge in [0.2, 0.25) is 11.8 Å². The van der Waals surface area contributed by atoms with Gasteiger partial charge in [0, 0.05) is 17.8 Å². The highest BCUT2D eigenvalue weighted by molar-refractivity contribution is 7.91. The SMILES string of the molecule is O=C1CCC(C/C=C/CCS(=O)(=O)CC2(c3ccc(F)c(OCC4CCC4)c3)CC2)C(=O)N1. The second kappa shape index (κ2) is 9.95. The highest BCUT2D eigenvalue weighted by Crippen LogP contribution is 2.50. The van der Waals surface area contributed by atoms with E-state index in [0.29, 0.717) is 38.2 Å². The van der Waals surface area contributed by atoms with E-state index in [4.69, 9.17) is 4.74 Å². The van der Waals surface area contributed by atoms with Crippen LogP contribution in [0.25, 0.3) is 0 Å². The lowest BCUT2D eigenvalue weighted by Gasteiger charge is -2.25. The van der Waals surface area contributed by atoms with Crippen LogP contribution in [0.2, 0.25) is 0 Å². The van der Waals surface area contributed by atoms with Gasteiger partial charge in [-0.15, -0.1) is 0 Å². The van der Waals surface area contributed by atoms with Crippen LogP contribution in [0.5, 0.6) is 5.75 Å². The van der Waals surface area contributed by atoms with Crippen molar-refractivity contribution < 1.29 is 27.1 Å². The standard InChI is InChI=1S/C25H32FNO5S/c26-21-10-9-20(15-22(21)32-16-18-5-4-6-18)25(12-13-25)17-33(30,31)14-3-1-2-7-19-8-11-23(28)27-24(19)29/h1-2,9-10,15,18-19H,3-8,11-14,16-17H2,(H,27,28,29)/b2-1+. The minimum absolute atomic E-state index is 0.0346. The largest absolute Gasteiger partial charge is 0.490 e. The van der Waals surface area contributed by atoms with Crippen molar-refractivity contribution in [2.45, 2.75) is 63.2 Å². The molecule has 2 aliphatic carbocycles. The van der Waals surface area contributed by atoms with Crippen molar-refractivity contribution >= 4 is 21.7 Å². The maximum absolute atomic E-state index is 14.2. The molecule has 2 saturated carbocycles. The van der Waals surface area contributed by atoms with Gasteiger partial charge < -0.3 is 4.74 Å². The van der Waals surface area contributed by atoms with E-state index in [2.05, 4.69) is 5.32 Å². The van der Waals surface area contributed by atoms with E-state index in [1.165, 1.54) is 12.5 Å². The molecule has 8 heteroatoms. The summed E-state index contributed by atoms with van der Waals surface area (Å²) in [6.07, 6.45) is 10.3. The number of carbonyl (C=O) groups is 2. The summed E-state index contributed by atoms with van der Waals surface area (Å²) in [5.41, 5.74) is 0.391. The van der Waals surface area contributed by atoms with Crippen LogP contribution in [0, 0.1) is 17.7 Å². The van der Waals surface area contributed by atoms with E-state index in [1.54, 1.807) is 18.2 Å². The number of nitrogens with one attached hydrogen (secondary N) is 1. The van der Waals surface area contributed by atoms with E-state index in [1.807, 2.05) is 6.08 Å². The second-order valence-electron chi connectivity index (χ2n) is 9.77. The molecule has 1 aliphatic heterocycles. The first-order chi connectivity index (χ1) is 15.8. The smallest absolute Gasteiger partial charge is 0.229 e. The Hall–Kier alpha value is -2.22. The van der Waals surface area contributed by atoms with Gasteiger partial charge in [-0.2, -0.15) is 0 Å². The molecule has 6 nitrogen and oxygen atoms in total. The number of benzene rings is 1. The molecule has 1 heterocycles. The van der Waals surface area contributed by atoms with Gasteiger partial charge in [0.05, 0.1) is 18.1 Å². The van der Waals surface area contributed by atoms with Crippen molar-refractivity contribution in [3.8, 4) is 5.75 Å². The molecule has 0 spiro atoms. The van der Waals surface area contributed by atoms with Gasteiger partial charge in [0.15, 0.2) is 21.4 Å². The molecule has 2 amide bonds. The van der Waals surface area contributed by atoms with Gasteiger partial charge in [-0.1, -0.05) is 24.6 Å². The Morgan fingerprint density at radius 2 is 1.94 bits per heavy atom. The number of ether oxygens (including phenoxy) is 1. The van der Waals surface area contributed by atoms with Gasteiger partial charge in [-0.25, -0.2) is 12.8 Å². The zero-order valence-corrected chi connectivity index (χ0v) is 19.7. The van der Waals surface area contributed by atoms with Crippen molar-refractivity contribution in [3.05, 3.63) is 41.7 Å². The summed E-state index contributed by atoms with van der Waals surface area (Å²) < 4.78 is 45.5. The van der Waals surface area contributed by atoms with E-state index < -0.39 is 21.1 Å². The Bertz CT molecular complexity index is 1030. The molecule has 0 aromatic heterocycles. The number of sulfone groups is 1. The van der Waals surface area contributed by atoms with Crippen molar-refractivity contribution in [3.63, 3.8) is 0 Å². The number of piperidine rings is 1. The highest BCUT2D eigenvalue weighted by Gasteiger charge is 2.47. The number of allylic oxidation sites excluding steroid dienone is 2. The van der Waals surface area contributed by atoms with Gasteiger partial charge in [-0.05, 0) is 68.6 Å². The molecular formula is C25H32FNO5S. The molecular weight excluding hydrogens is 445 g/mol. The quantitative estimate of drug-likeness (QED) is 0.386. The van der Waals surface area contributed by atoms with E-state index in [-0.39, 0.29) is 35.0 Å². The summed E-state index contributed by atoms with van der Waals surface area (Å²) in [7, 11) is -3.30. The Kier molecular flexibility index (Phi) is 7.22. The van der Waals surface area contributed by atoms with Gasteiger partial charge in [0.1, 0.15) is 0 Å². The van der Waals surface area contributed by atoms with Gasteiger partial charge in [-0.3, -0.25) is 14.9 Å². The van der Waals surface area contributed by atoms with Crippen LogP contribution in [0.1, 0.15) is 63.4 Å². The molecule has 1 unspecified atom stereocenters. The molecule has 180 valence electrons. The molecule has 1 N–H and O–H groups in total. The van der Waals surface area contributed by atoms with Crippen molar-refractivity contribution in [2.24, 2.45) is 11.8 Å². The maximum Gasteiger partial charge on any atom is 0.229 e. The molecule has 4 rings (SSSR count). The van der Waals surface area contributed by atoms with E-state index >= 15 is 0 Å². The van der Waals surface area contributed by atoms with E-state index in [0.717, 1.165) is 31.2 Å². The molecule has 1 atom stereocenters. The maximum atomic E-state index is 14.2. The van der Waals surface area contributed by atoms with Crippen molar-refractivity contribution in [1.29, 1.82) is 0 Å². The predicted octanol–water partition coefficient (Wildman–Crippen LogP) is 3.84. The van der Waals surface area contributed by atoms with Gasteiger partial charge in [0.25, 0.3) is 0 Å². The predicted molar refractivity (Wildman–Crippen MR) is 123 cm³/mol. The fourth-order valence-electron chi connectivity index (χ4n) is 4.56. The Balaban J connectivity index is 1.28. The van der Waals surface area contributed by atoms with Crippen LogP contribution in [-0.2, 0) is 24.8 Å². The Morgan fingerprint density at radius 1 is 1.15 bits per heavy atom. The lowest BCUT2D eigenvalue weighted by molar-refractivity contribution is -0.136. The number of halogens is 1. The molecule has 0 radical (unpaired) electrons. The fraction of sp³-hybridized carbons (Fsp3) is 0.600. The topological polar surface area (TPSA) is 89.5 Å². The first-order valence-corrected chi connectivity index (χ1v) is 13.7. The first-order valence-electron chi connectivity index (χ1n) is 11.9. The highest BCUT2D eigenvalue weighted by atomic mass is 32.2. The van der Waals surface area contributed by atoms with Crippen LogP contribution < -0.4 is 10.1 Å². The normalized spacial score (nSPS) is 22.8. The third-order valence-electron chi connectivity index (χ3n) is 7.13. The molecule has 1 aromatic carbocycles. The monoisotopic (exact) mass is 477 g/mol. The van der Waals surface area contributed by atoms with Crippen molar-refractivity contribution in [1.82, 2.24) is 5.32 Å². The van der Waals surface area contributed by atoms with Crippen LogP contribution >= 0.6 is 0 Å². The summed E-state index contributed by atoms with van der Waals surface area (Å²) in [6, 6.07) is 4.76. The fourth-order valence-corrected chi connectivity index (χ4v) is 6.50.